The van der Waals surface area contributed by atoms with Crippen molar-refractivity contribution in [2.24, 2.45) is 5.92 Å². The second kappa shape index (κ2) is 6.00. The molecule has 88 valence electrons. The Bertz CT molecular complexity index is 328. The normalized spacial score (nSPS) is 24.6. The van der Waals surface area contributed by atoms with Gasteiger partial charge in [-0.05, 0) is 49.3 Å². The monoisotopic (exact) mass is 242 g/mol. The van der Waals surface area contributed by atoms with E-state index in [9.17, 15) is 9.18 Å². The van der Waals surface area contributed by atoms with E-state index in [-0.39, 0.29) is 24.1 Å². The lowest BCUT2D eigenvalue weighted by Gasteiger charge is -2.25. The molecule has 1 fully saturated rings. The molecular weight excluding hydrogens is 227 g/mol. The van der Waals surface area contributed by atoms with E-state index in [1.807, 2.05) is 12.1 Å². The summed E-state index contributed by atoms with van der Waals surface area (Å²) < 4.78 is 12.7. The van der Waals surface area contributed by atoms with Gasteiger partial charge in [-0.25, -0.2) is 4.39 Å². The molecule has 0 spiro atoms. The van der Waals surface area contributed by atoms with E-state index in [0.717, 1.165) is 32.0 Å². The van der Waals surface area contributed by atoms with Crippen molar-refractivity contribution in [3.8, 4) is 0 Å². The van der Waals surface area contributed by atoms with Crippen LogP contribution in [0.3, 0.4) is 0 Å². The average Bonchev–Trinajstić information content (AvgIpc) is 2.30. The summed E-state index contributed by atoms with van der Waals surface area (Å²) in [7, 11) is 0. The van der Waals surface area contributed by atoms with Crippen molar-refractivity contribution >= 4 is 18.7 Å². The number of halogens is 2. The van der Waals surface area contributed by atoms with Crippen LogP contribution in [0.4, 0.5) is 4.39 Å². The molecule has 16 heavy (non-hydrogen) atoms. The third-order valence-electron chi connectivity index (χ3n) is 3.31. The lowest BCUT2D eigenvalue weighted by molar-refractivity contribution is -0.111. The predicted molar refractivity (Wildman–Crippen MR) is 64.4 cm³/mol. The highest BCUT2D eigenvalue weighted by molar-refractivity contribution is 5.85. The largest absolute Gasteiger partial charge is 0.303 e. The number of rotatable bonds is 2. The summed E-state index contributed by atoms with van der Waals surface area (Å²) >= 11 is 0. The fraction of sp³-hybridized carbons (Fsp3) is 0.462. The van der Waals surface area contributed by atoms with Gasteiger partial charge in [0.1, 0.15) is 12.1 Å². The second-order valence-corrected chi connectivity index (χ2v) is 4.30. The first-order valence-electron chi connectivity index (χ1n) is 5.50. The highest BCUT2D eigenvalue weighted by Gasteiger charge is 2.21. The molecule has 0 atom stereocenters. The first kappa shape index (κ1) is 13.2. The van der Waals surface area contributed by atoms with Crippen LogP contribution in [0.25, 0.3) is 0 Å². The average molecular weight is 243 g/mol. The van der Waals surface area contributed by atoms with Crippen molar-refractivity contribution < 1.29 is 9.18 Å². The summed E-state index contributed by atoms with van der Waals surface area (Å²) in [6.45, 7) is 0. The predicted octanol–water partition coefficient (Wildman–Crippen LogP) is 3.72. The Hall–Kier alpha value is -0.890. The standard InChI is InChI=1S/C13H15FO.ClH/c14-13-7-5-12(6-8-13)11-3-1-10(9-15)2-4-11;/h5-11H,1-4H2;1H. The van der Waals surface area contributed by atoms with Crippen LogP contribution in [0.5, 0.6) is 0 Å². The lowest BCUT2D eigenvalue weighted by atomic mass is 9.79. The van der Waals surface area contributed by atoms with Gasteiger partial charge in [0, 0.05) is 5.92 Å². The van der Waals surface area contributed by atoms with E-state index in [2.05, 4.69) is 0 Å². The molecule has 1 aliphatic rings. The smallest absolute Gasteiger partial charge is 0.123 e. The van der Waals surface area contributed by atoms with Crippen LogP contribution in [-0.4, -0.2) is 6.29 Å². The number of carbonyl (C=O) groups excluding carboxylic acids is 1. The van der Waals surface area contributed by atoms with Crippen molar-refractivity contribution in [1.82, 2.24) is 0 Å². The Morgan fingerprint density at radius 1 is 1.06 bits per heavy atom. The van der Waals surface area contributed by atoms with E-state index < -0.39 is 0 Å². The van der Waals surface area contributed by atoms with Gasteiger partial charge < -0.3 is 4.79 Å². The summed E-state index contributed by atoms with van der Waals surface area (Å²) in [5.41, 5.74) is 1.21. The highest BCUT2D eigenvalue weighted by atomic mass is 35.5. The summed E-state index contributed by atoms with van der Waals surface area (Å²) in [5.74, 6) is 0.587. The molecule has 0 radical (unpaired) electrons. The molecule has 0 unspecified atom stereocenters. The van der Waals surface area contributed by atoms with Crippen LogP contribution in [0.2, 0.25) is 0 Å². The minimum absolute atomic E-state index is 0. The maximum absolute atomic E-state index is 12.7. The molecule has 0 saturated heterocycles. The summed E-state index contributed by atoms with van der Waals surface area (Å²) in [4.78, 5) is 10.6. The molecule has 1 aromatic carbocycles. The molecule has 1 aromatic rings. The summed E-state index contributed by atoms with van der Waals surface area (Å²) in [6, 6.07) is 6.75. The van der Waals surface area contributed by atoms with Gasteiger partial charge in [-0.1, -0.05) is 12.1 Å². The lowest BCUT2D eigenvalue weighted by Crippen LogP contribution is -2.14. The van der Waals surface area contributed by atoms with Crippen molar-refractivity contribution in [3.05, 3.63) is 35.6 Å². The summed E-state index contributed by atoms with van der Waals surface area (Å²) in [5, 5.41) is 0. The molecule has 0 heterocycles. The first-order chi connectivity index (χ1) is 7.29. The Balaban J connectivity index is 0.00000128. The minimum atomic E-state index is -0.180. The zero-order chi connectivity index (χ0) is 10.7. The van der Waals surface area contributed by atoms with Gasteiger partial charge in [0.2, 0.25) is 0 Å². The third-order valence-corrected chi connectivity index (χ3v) is 3.31. The molecule has 2 rings (SSSR count). The fourth-order valence-electron chi connectivity index (χ4n) is 2.32. The Labute approximate surface area is 101 Å². The van der Waals surface area contributed by atoms with Crippen molar-refractivity contribution in [3.63, 3.8) is 0 Å². The van der Waals surface area contributed by atoms with Gasteiger partial charge in [-0.2, -0.15) is 0 Å². The topological polar surface area (TPSA) is 17.1 Å². The van der Waals surface area contributed by atoms with Crippen LogP contribution in [-0.2, 0) is 4.79 Å². The van der Waals surface area contributed by atoms with Crippen LogP contribution >= 0.6 is 12.4 Å². The molecule has 1 saturated carbocycles. The zero-order valence-corrected chi connectivity index (χ0v) is 9.88. The van der Waals surface area contributed by atoms with Crippen LogP contribution in [0.1, 0.15) is 37.2 Å². The van der Waals surface area contributed by atoms with E-state index in [1.54, 1.807) is 0 Å². The maximum atomic E-state index is 12.7. The number of aldehydes is 1. The van der Waals surface area contributed by atoms with Crippen molar-refractivity contribution in [2.75, 3.05) is 0 Å². The molecule has 0 N–H and O–H groups in total. The van der Waals surface area contributed by atoms with Crippen molar-refractivity contribution in [2.45, 2.75) is 31.6 Å². The Morgan fingerprint density at radius 3 is 2.12 bits per heavy atom. The fourth-order valence-corrected chi connectivity index (χ4v) is 2.32. The van der Waals surface area contributed by atoms with Gasteiger partial charge >= 0.3 is 0 Å². The highest BCUT2D eigenvalue weighted by Crippen LogP contribution is 2.34. The van der Waals surface area contributed by atoms with Gasteiger partial charge in [0.05, 0.1) is 0 Å². The van der Waals surface area contributed by atoms with Gasteiger partial charge in [-0.15, -0.1) is 12.4 Å². The Kier molecular flexibility index (Phi) is 4.94. The van der Waals surface area contributed by atoms with E-state index in [0.29, 0.717) is 5.92 Å². The maximum Gasteiger partial charge on any atom is 0.123 e. The van der Waals surface area contributed by atoms with Crippen molar-refractivity contribution in [1.29, 1.82) is 0 Å². The molecule has 3 heteroatoms. The van der Waals surface area contributed by atoms with Gasteiger partial charge in [0.25, 0.3) is 0 Å². The van der Waals surface area contributed by atoms with E-state index in [4.69, 9.17) is 0 Å². The summed E-state index contributed by atoms with van der Waals surface area (Å²) in [6.07, 6.45) is 5.13. The number of hydrogen-bond acceptors (Lipinski definition) is 1. The zero-order valence-electron chi connectivity index (χ0n) is 9.06. The first-order valence-corrected chi connectivity index (χ1v) is 5.50. The molecule has 0 bridgehead atoms. The molecule has 0 amide bonds. The van der Waals surface area contributed by atoms with E-state index in [1.165, 1.54) is 17.7 Å². The third kappa shape index (κ3) is 3.05. The van der Waals surface area contributed by atoms with Crippen LogP contribution in [0, 0.1) is 11.7 Å². The van der Waals surface area contributed by atoms with Gasteiger partial charge in [-0.3, -0.25) is 0 Å². The molecule has 1 nitrogen and oxygen atoms in total. The van der Waals surface area contributed by atoms with Crippen LogP contribution < -0.4 is 0 Å². The minimum Gasteiger partial charge on any atom is -0.303 e. The van der Waals surface area contributed by atoms with Gasteiger partial charge in [0.15, 0.2) is 0 Å². The Morgan fingerprint density at radius 2 is 1.62 bits per heavy atom. The SMILES string of the molecule is Cl.O=CC1CCC(c2ccc(F)cc2)CC1. The number of benzene rings is 1. The molecular formula is C13H16ClFO. The quantitative estimate of drug-likeness (QED) is 0.723. The number of carbonyl (C=O) groups is 1. The van der Waals surface area contributed by atoms with E-state index >= 15 is 0 Å². The number of hydrogen-bond donors (Lipinski definition) is 0. The molecule has 0 aromatic heterocycles. The molecule has 1 aliphatic carbocycles. The molecule has 0 aliphatic heterocycles. The second-order valence-electron chi connectivity index (χ2n) is 4.30. The van der Waals surface area contributed by atoms with Crippen LogP contribution in [0.15, 0.2) is 24.3 Å².